The van der Waals surface area contributed by atoms with Gasteiger partial charge in [0, 0.05) is 12.1 Å². The fourth-order valence-corrected chi connectivity index (χ4v) is 1.96. The number of pyridine rings is 1. The van der Waals surface area contributed by atoms with E-state index in [1.165, 1.54) is 0 Å². The van der Waals surface area contributed by atoms with Crippen molar-refractivity contribution in [3.63, 3.8) is 0 Å². The van der Waals surface area contributed by atoms with Crippen LogP contribution in [0.5, 0.6) is 5.75 Å². The largest absolute Gasteiger partial charge is 0.495 e. The molecule has 0 saturated heterocycles. The number of methoxy groups -OCH3 is 1. The molecule has 1 aromatic heterocycles. The van der Waals surface area contributed by atoms with Crippen molar-refractivity contribution in [2.45, 2.75) is 33.6 Å². The van der Waals surface area contributed by atoms with Gasteiger partial charge in [0.2, 0.25) is 0 Å². The van der Waals surface area contributed by atoms with E-state index in [0.717, 1.165) is 24.5 Å². The molecular formula is C15H26N2O. The fraction of sp³-hybridized carbons (Fsp3) is 0.667. The summed E-state index contributed by atoms with van der Waals surface area (Å²) in [6.45, 7) is 11.0. The highest BCUT2D eigenvalue weighted by atomic mass is 16.5. The molecule has 0 saturated carbocycles. The van der Waals surface area contributed by atoms with E-state index in [1.54, 1.807) is 7.11 Å². The predicted octanol–water partition coefficient (Wildman–Crippen LogP) is 3.08. The average molecular weight is 250 g/mol. The number of hydrogen-bond donors (Lipinski definition) is 1. The molecular weight excluding hydrogens is 224 g/mol. The number of ether oxygens (including phenoxy) is 1. The lowest BCUT2D eigenvalue weighted by molar-refractivity contribution is 0.380. The fourth-order valence-electron chi connectivity index (χ4n) is 1.96. The summed E-state index contributed by atoms with van der Waals surface area (Å²) in [5.41, 5.74) is 1.05. The van der Waals surface area contributed by atoms with Crippen molar-refractivity contribution in [1.82, 2.24) is 10.3 Å². The van der Waals surface area contributed by atoms with Crippen molar-refractivity contribution in [3.05, 3.63) is 24.0 Å². The van der Waals surface area contributed by atoms with Gasteiger partial charge in [-0.3, -0.25) is 4.98 Å². The van der Waals surface area contributed by atoms with Crippen LogP contribution in [0.4, 0.5) is 0 Å². The Morgan fingerprint density at radius 1 is 1.22 bits per heavy atom. The molecule has 0 radical (unpaired) electrons. The van der Waals surface area contributed by atoms with Crippen LogP contribution in [0.1, 0.15) is 39.3 Å². The number of nitrogens with one attached hydrogen (secondary N) is 1. The number of hydrogen-bond acceptors (Lipinski definition) is 3. The third-order valence-corrected chi connectivity index (χ3v) is 3.32. The minimum Gasteiger partial charge on any atom is -0.495 e. The van der Waals surface area contributed by atoms with Crippen molar-refractivity contribution in [3.8, 4) is 5.75 Å². The summed E-state index contributed by atoms with van der Waals surface area (Å²) >= 11 is 0. The lowest BCUT2D eigenvalue weighted by atomic mass is 9.91. The predicted molar refractivity (Wildman–Crippen MR) is 76.1 cm³/mol. The van der Waals surface area contributed by atoms with Crippen molar-refractivity contribution < 1.29 is 4.74 Å². The van der Waals surface area contributed by atoms with E-state index in [1.807, 2.05) is 18.3 Å². The van der Waals surface area contributed by atoms with Gasteiger partial charge in [-0.05, 0) is 37.1 Å². The summed E-state index contributed by atoms with van der Waals surface area (Å²) in [5.74, 6) is 2.51. The Balaban J connectivity index is 2.59. The van der Waals surface area contributed by atoms with Crippen LogP contribution in [0.25, 0.3) is 0 Å². The summed E-state index contributed by atoms with van der Waals surface area (Å²) in [4.78, 5) is 4.46. The molecule has 0 aliphatic rings. The Morgan fingerprint density at radius 3 is 2.56 bits per heavy atom. The highest BCUT2D eigenvalue weighted by Crippen LogP contribution is 2.29. The summed E-state index contributed by atoms with van der Waals surface area (Å²) in [5, 5.41) is 3.50. The van der Waals surface area contributed by atoms with Gasteiger partial charge >= 0.3 is 0 Å². The van der Waals surface area contributed by atoms with Gasteiger partial charge in [0.05, 0.1) is 12.8 Å². The molecule has 1 N–H and O–H groups in total. The molecule has 18 heavy (non-hydrogen) atoms. The Morgan fingerprint density at radius 2 is 1.94 bits per heavy atom. The zero-order valence-electron chi connectivity index (χ0n) is 12.2. The molecule has 3 nitrogen and oxygen atoms in total. The maximum atomic E-state index is 5.38. The first-order valence-corrected chi connectivity index (χ1v) is 6.75. The number of nitrogens with zero attached hydrogens (tertiary/aromatic N) is 1. The van der Waals surface area contributed by atoms with Crippen LogP contribution in [0.15, 0.2) is 18.3 Å². The number of aromatic nitrogens is 1. The molecule has 0 aliphatic heterocycles. The number of rotatable bonds is 7. The van der Waals surface area contributed by atoms with E-state index in [4.69, 9.17) is 4.74 Å². The Kier molecular flexibility index (Phi) is 6.13. The van der Waals surface area contributed by atoms with Crippen LogP contribution in [0.3, 0.4) is 0 Å². The lowest BCUT2D eigenvalue weighted by Gasteiger charge is -2.22. The molecule has 1 heterocycles. The van der Waals surface area contributed by atoms with Crippen LogP contribution in [-0.2, 0) is 0 Å². The van der Waals surface area contributed by atoms with Gasteiger partial charge in [-0.15, -0.1) is 0 Å². The van der Waals surface area contributed by atoms with E-state index in [0.29, 0.717) is 17.8 Å². The van der Waals surface area contributed by atoms with Crippen LogP contribution in [0, 0.1) is 11.8 Å². The van der Waals surface area contributed by atoms with Crippen LogP contribution >= 0.6 is 0 Å². The minimum absolute atomic E-state index is 0.390. The molecule has 2 atom stereocenters. The third kappa shape index (κ3) is 4.30. The molecule has 1 rings (SSSR count). The normalized spacial score (nSPS) is 14.6. The van der Waals surface area contributed by atoms with Gasteiger partial charge in [0.1, 0.15) is 5.75 Å². The SMILES string of the molecule is COc1cccnc1C(C)C(C)CNCC(C)C. The first-order chi connectivity index (χ1) is 8.56. The average Bonchev–Trinajstić information content (AvgIpc) is 2.37. The maximum Gasteiger partial charge on any atom is 0.140 e. The van der Waals surface area contributed by atoms with Crippen LogP contribution < -0.4 is 10.1 Å². The summed E-state index contributed by atoms with van der Waals surface area (Å²) in [6, 6.07) is 3.89. The molecule has 0 amide bonds. The molecule has 0 spiro atoms. The lowest BCUT2D eigenvalue weighted by Crippen LogP contribution is -2.27. The summed E-state index contributed by atoms with van der Waals surface area (Å²) < 4.78 is 5.38. The van der Waals surface area contributed by atoms with Crippen molar-refractivity contribution in [2.24, 2.45) is 11.8 Å². The van der Waals surface area contributed by atoms with E-state index < -0.39 is 0 Å². The minimum atomic E-state index is 0.390. The Labute approximate surface area is 111 Å². The van der Waals surface area contributed by atoms with Gasteiger partial charge < -0.3 is 10.1 Å². The van der Waals surface area contributed by atoms with Gasteiger partial charge in [0.25, 0.3) is 0 Å². The molecule has 0 aromatic carbocycles. The molecule has 2 unspecified atom stereocenters. The van der Waals surface area contributed by atoms with Gasteiger partial charge in [-0.1, -0.05) is 27.7 Å². The highest BCUT2D eigenvalue weighted by Gasteiger charge is 2.19. The second kappa shape index (κ2) is 7.37. The third-order valence-electron chi connectivity index (χ3n) is 3.32. The first-order valence-electron chi connectivity index (χ1n) is 6.75. The van der Waals surface area contributed by atoms with Crippen LogP contribution in [0.2, 0.25) is 0 Å². The van der Waals surface area contributed by atoms with E-state index in [2.05, 4.69) is 38.0 Å². The molecule has 3 heteroatoms. The highest BCUT2D eigenvalue weighted by molar-refractivity contribution is 5.29. The smallest absolute Gasteiger partial charge is 0.140 e. The standard InChI is InChI=1S/C15H26N2O/c1-11(2)9-16-10-12(3)13(4)15-14(18-5)7-6-8-17-15/h6-8,11-13,16H,9-10H2,1-5H3. The molecule has 1 aromatic rings. The van der Waals surface area contributed by atoms with Gasteiger partial charge in [-0.2, -0.15) is 0 Å². The van der Waals surface area contributed by atoms with E-state index in [-0.39, 0.29) is 0 Å². The van der Waals surface area contributed by atoms with Crippen molar-refractivity contribution in [2.75, 3.05) is 20.2 Å². The topological polar surface area (TPSA) is 34.1 Å². The summed E-state index contributed by atoms with van der Waals surface area (Å²) in [6.07, 6.45) is 1.84. The molecule has 0 fully saturated rings. The van der Waals surface area contributed by atoms with Crippen molar-refractivity contribution in [1.29, 1.82) is 0 Å². The first kappa shape index (κ1) is 15.0. The summed E-state index contributed by atoms with van der Waals surface area (Å²) in [7, 11) is 1.70. The second-order valence-corrected chi connectivity index (χ2v) is 5.41. The molecule has 0 bridgehead atoms. The van der Waals surface area contributed by atoms with Gasteiger partial charge in [0.15, 0.2) is 0 Å². The van der Waals surface area contributed by atoms with Crippen molar-refractivity contribution >= 4 is 0 Å². The van der Waals surface area contributed by atoms with E-state index in [9.17, 15) is 0 Å². The van der Waals surface area contributed by atoms with Crippen LogP contribution in [-0.4, -0.2) is 25.2 Å². The Bertz CT molecular complexity index is 352. The second-order valence-electron chi connectivity index (χ2n) is 5.41. The Hall–Kier alpha value is -1.09. The monoisotopic (exact) mass is 250 g/mol. The van der Waals surface area contributed by atoms with E-state index >= 15 is 0 Å². The quantitative estimate of drug-likeness (QED) is 0.807. The molecule has 0 aliphatic carbocycles. The maximum absolute atomic E-state index is 5.38. The zero-order chi connectivity index (χ0) is 13.5. The zero-order valence-corrected chi connectivity index (χ0v) is 12.2. The molecule has 102 valence electrons. The van der Waals surface area contributed by atoms with Gasteiger partial charge in [-0.25, -0.2) is 0 Å².